The number of thiophene rings is 1. The van der Waals surface area contributed by atoms with Crippen LogP contribution in [-0.2, 0) is 11.2 Å². The summed E-state index contributed by atoms with van der Waals surface area (Å²) in [5.41, 5.74) is -0.855. The van der Waals surface area contributed by atoms with Crippen molar-refractivity contribution in [1.29, 1.82) is 5.26 Å². The van der Waals surface area contributed by atoms with Crippen molar-refractivity contribution in [1.82, 2.24) is 20.1 Å². The van der Waals surface area contributed by atoms with Crippen LogP contribution in [0.15, 0.2) is 22.7 Å². The van der Waals surface area contributed by atoms with Crippen LogP contribution in [0, 0.1) is 17.2 Å². The minimum absolute atomic E-state index is 0.0361. The minimum atomic E-state index is -0.855. The maximum absolute atomic E-state index is 12.3. The number of carbonyl (C=O) groups is 1. The molecule has 0 bridgehead atoms. The van der Waals surface area contributed by atoms with Gasteiger partial charge in [-0.2, -0.15) is 5.26 Å². The van der Waals surface area contributed by atoms with E-state index in [2.05, 4.69) is 37.6 Å². The zero-order valence-electron chi connectivity index (χ0n) is 15.2. The SMILES string of the molecule is CC(C)[C@](C)(C#N)NC(=O)CSc1nnc(Cc2cccs2)n1C1CC1. The van der Waals surface area contributed by atoms with Crippen molar-refractivity contribution in [2.45, 2.75) is 56.8 Å². The van der Waals surface area contributed by atoms with Crippen molar-refractivity contribution in [3.05, 3.63) is 28.2 Å². The quantitative estimate of drug-likeness (QED) is 0.700. The van der Waals surface area contributed by atoms with Crippen LogP contribution < -0.4 is 5.32 Å². The summed E-state index contributed by atoms with van der Waals surface area (Å²) in [6, 6.07) is 6.79. The topological polar surface area (TPSA) is 83.6 Å². The largest absolute Gasteiger partial charge is 0.337 e. The Bertz CT molecular complexity index is 804. The molecule has 0 aliphatic heterocycles. The third-order valence-electron chi connectivity index (χ3n) is 4.68. The lowest BCUT2D eigenvalue weighted by Gasteiger charge is -2.27. The molecular formula is C18H23N5OS2. The Balaban J connectivity index is 1.66. The molecule has 0 spiro atoms. The summed E-state index contributed by atoms with van der Waals surface area (Å²) >= 11 is 3.11. The van der Waals surface area contributed by atoms with Crippen LogP contribution in [0.2, 0.25) is 0 Å². The first-order valence-electron chi connectivity index (χ1n) is 8.74. The predicted octanol–water partition coefficient (Wildman–Crippen LogP) is 3.41. The van der Waals surface area contributed by atoms with Crippen LogP contribution >= 0.6 is 23.1 Å². The van der Waals surface area contributed by atoms with Crippen LogP contribution in [0.25, 0.3) is 0 Å². The Morgan fingerprint density at radius 3 is 2.88 bits per heavy atom. The average Bonchev–Trinajstić information content (AvgIpc) is 3.16. The number of hydrogen-bond donors (Lipinski definition) is 1. The van der Waals surface area contributed by atoms with Crippen molar-refractivity contribution in [2.24, 2.45) is 5.92 Å². The molecule has 0 unspecified atom stereocenters. The van der Waals surface area contributed by atoms with E-state index in [1.54, 1.807) is 18.3 Å². The Morgan fingerprint density at radius 1 is 1.54 bits per heavy atom. The van der Waals surface area contributed by atoms with E-state index in [-0.39, 0.29) is 17.6 Å². The fraction of sp³-hybridized carbons (Fsp3) is 0.556. The highest BCUT2D eigenvalue weighted by atomic mass is 32.2. The van der Waals surface area contributed by atoms with Crippen LogP contribution in [0.5, 0.6) is 0 Å². The monoisotopic (exact) mass is 389 g/mol. The Hall–Kier alpha value is -1.85. The third-order valence-corrected chi connectivity index (χ3v) is 6.50. The third kappa shape index (κ3) is 4.27. The summed E-state index contributed by atoms with van der Waals surface area (Å²) in [5, 5.41) is 23.7. The van der Waals surface area contributed by atoms with E-state index in [1.165, 1.54) is 16.6 Å². The number of thioether (sulfide) groups is 1. The second kappa shape index (κ2) is 7.80. The molecule has 2 aromatic rings. The molecule has 1 aliphatic rings. The lowest BCUT2D eigenvalue weighted by Crippen LogP contribution is -2.49. The van der Waals surface area contributed by atoms with Gasteiger partial charge >= 0.3 is 0 Å². The molecule has 1 N–H and O–H groups in total. The molecule has 0 saturated heterocycles. The van der Waals surface area contributed by atoms with Crippen molar-refractivity contribution in [2.75, 3.05) is 5.75 Å². The Kier molecular flexibility index (Phi) is 5.68. The van der Waals surface area contributed by atoms with Gasteiger partial charge in [-0.05, 0) is 37.1 Å². The van der Waals surface area contributed by atoms with Crippen molar-refractivity contribution < 1.29 is 4.79 Å². The van der Waals surface area contributed by atoms with Gasteiger partial charge in [0.1, 0.15) is 11.4 Å². The molecule has 8 heteroatoms. The van der Waals surface area contributed by atoms with Crippen LogP contribution in [0.4, 0.5) is 0 Å². The van der Waals surface area contributed by atoms with Gasteiger partial charge in [0.25, 0.3) is 0 Å². The maximum atomic E-state index is 12.3. The fourth-order valence-corrected chi connectivity index (χ4v) is 4.08. The van der Waals surface area contributed by atoms with Gasteiger partial charge in [-0.1, -0.05) is 31.7 Å². The summed E-state index contributed by atoms with van der Waals surface area (Å²) in [7, 11) is 0. The molecular weight excluding hydrogens is 366 g/mol. The second-order valence-corrected chi connectivity index (χ2v) is 9.04. The van der Waals surface area contributed by atoms with Gasteiger partial charge in [0, 0.05) is 17.3 Å². The van der Waals surface area contributed by atoms with E-state index in [4.69, 9.17) is 0 Å². The first-order valence-corrected chi connectivity index (χ1v) is 10.6. The standard InChI is InChI=1S/C18H23N5OS2/c1-12(2)18(3,11-19)20-16(24)10-26-17-22-21-15(23(17)13-6-7-13)9-14-5-4-8-25-14/h4-5,8,12-13H,6-7,9-10H2,1-3H3,(H,20,24)/t18-/m0/s1. The minimum Gasteiger partial charge on any atom is -0.337 e. The van der Waals surface area contributed by atoms with Gasteiger partial charge < -0.3 is 9.88 Å². The number of carbonyl (C=O) groups excluding carboxylic acids is 1. The van der Waals surface area contributed by atoms with Gasteiger partial charge in [0.15, 0.2) is 5.16 Å². The van der Waals surface area contributed by atoms with E-state index >= 15 is 0 Å². The van der Waals surface area contributed by atoms with Crippen molar-refractivity contribution in [3.63, 3.8) is 0 Å². The normalized spacial score (nSPS) is 16.3. The first-order chi connectivity index (χ1) is 12.4. The van der Waals surface area contributed by atoms with Crippen LogP contribution in [0.3, 0.4) is 0 Å². The molecule has 1 saturated carbocycles. The number of aromatic nitrogens is 3. The molecule has 26 heavy (non-hydrogen) atoms. The molecule has 1 aliphatic carbocycles. The molecule has 3 rings (SSSR count). The molecule has 138 valence electrons. The lowest BCUT2D eigenvalue weighted by molar-refractivity contribution is -0.120. The van der Waals surface area contributed by atoms with Gasteiger partial charge in [-0.15, -0.1) is 21.5 Å². The van der Waals surface area contributed by atoms with Crippen molar-refractivity contribution >= 4 is 29.0 Å². The molecule has 0 radical (unpaired) electrons. The zero-order valence-corrected chi connectivity index (χ0v) is 16.9. The summed E-state index contributed by atoms with van der Waals surface area (Å²) in [4.78, 5) is 13.6. The van der Waals surface area contributed by atoms with E-state index in [1.807, 2.05) is 19.9 Å². The van der Waals surface area contributed by atoms with E-state index < -0.39 is 5.54 Å². The number of nitrogens with zero attached hydrogens (tertiary/aromatic N) is 4. The summed E-state index contributed by atoms with van der Waals surface area (Å²) < 4.78 is 2.18. The van der Waals surface area contributed by atoms with Gasteiger partial charge in [0.2, 0.25) is 5.91 Å². The van der Waals surface area contributed by atoms with E-state index in [0.717, 1.165) is 30.2 Å². The summed E-state index contributed by atoms with van der Waals surface area (Å²) in [6.07, 6.45) is 3.04. The highest BCUT2D eigenvalue weighted by Gasteiger charge is 2.32. The number of hydrogen-bond acceptors (Lipinski definition) is 6. The summed E-state index contributed by atoms with van der Waals surface area (Å²) in [5.74, 6) is 1.07. The number of nitriles is 1. The van der Waals surface area contributed by atoms with E-state index in [9.17, 15) is 10.1 Å². The van der Waals surface area contributed by atoms with Gasteiger partial charge in [-0.3, -0.25) is 4.79 Å². The second-order valence-electron chi connectivity index (χ2n) is 7.06. The number of nitrogens with one attached hydrogen (secondary N) is 1. The van der Waals surface area contributed by atoms with Gasteiger partial charge in [0.05, 0.1) is 11.8 Å². The Morgan fingerprint density at radius 2 is 2.31 bits per heavy atom. The zero-order chi connectivity index (χ0) is 18.7. The molecule has 1 atom stereocenters. The Labute approximate surface area is 162 Å². The van der Waals surface area contributed by atoms with Gasteiger partial charge in [-0.25, -0.2) is 0 Å². The molecule has 2 heterocycles. The predicted molar refractivity (Wildman–Crippen MR) is 103 cm³/mol. The molecule has 1 fully saturated rings. The first kappa shape index (κ1) is 18.9. The van der Waals surface area contributed by atoms with E-state index in [0.29, 0.717) is 6.04 Å². The number of amides is 1. The number of rotatable bonds is 8. The van der Waals surface area contributed by atoms with Crippen molar-refractivity contribution in [3.8, 4) is 6.07 Å². The highest BCUT2D eigenvalue weighted by Crippen LogP contribution is 2.39. The average molecular weight is 390 g/mol. The van der Waals surface area contributed by atoms with Crippen LogP contribution in [-0.4, -0.2) is 32.0 Å². The highest BCUT2D eigenvalue weighted by molar-refractivity contribution is 7.99. The fourth-order valence-electron chi connectivity index (χ4n) is 2.55. The molecule has 1 amide bonds. The molecule has 2 aromatic heterocycles. The van der Waals surface area contributed by atoms with Crippen LogP contribution in [0.1, 0.15) is 50.4 Å². The maximum Gasteiger partial charge on any atom is 0.231 e. The lowest BCUT2D eigenvalue weighted by atomic mass is 9.90. The molecule has 6 nitrogen and oxygen atoms in total. The molecule has 0 aromatic carbocycles. The smallest absolute Gasteiger partial charge is 0.231 e. The summed E-state index contributed by atoms with van der Waals surface area (Å²) in [6.45, 7) is 5.61.